The van der Waals surface area contributed by atoms with E-state index >= 15 is 0 Å². The number of aliphatic hydroxyl groups is 1. The summed E-state index contributed by atoms with van der Waals surface area (Å²) >= 11 is 0. The highest BCUT2D eigenvalue weighted by atomic mass is 16.3. The van der Waals surface area contributed by atoms with Gasteiger partial charge in [0.1, 0.15) is 0 Å². The molecule has 0 amide bonds. The maximum atomic E-state index is 11.0. The number of fused-ring (bicyclic) bond motifs is 1. The van der Waals surface area contributed by atoms with Crippen LogP contribution in [-0.2, 0) is 18.4 Å². The lowest BCUT2D eigenvalue weighted by atomic mass is 9.76. The molecule has 1 aliphatic carbocycles. The van der Waals surface area contributed by atoms with Gasteiger partial charge in [-0.1, -0.05) is 62.4 Å². The number of hydrogen-bond acceptors (Lipinski definition) is 1. The lowest BCUT2D eigenvalue weighted by molar-refractivity contribution is 0.0222. The minimum atomic E-state index is -0.705. The second-order valence-corrected chi connectivity index (χ2v) is 6.25. The summed E-state index contributed by atoms with van der Waals surface area (Å²) in [7, 11) is 0. The first kappa shape index (κ1) is 13.4. The lowest BCUT2D eigenvalue weighted by Crippen LogP contribution is -2.33. The van der Waals surface area contributed by atoms with Gasteiger partial charge in [-0.2, -0.15) is 0 Å². The molecule has 0 fully saturated rings. The fraction of sp³-hybridized carbons (Fsp3) is 0.368. The minimum Gasteiger partial charge on any atom is -0.385 e. The zero-order valence-corrected chi connectivity index (χ0v) is 12.3. The summed E-state index contributed by atoms with van der Waals surface area (Å²) in [6, 6.07) is 17.0. The van der Waals surface area contributed by atoms with Crippen LogP contribution in [-0.4, -0.2) is 5.11 Å². The van der Waals surface area contributed by atoms with Gasteiger partial charge in [-0.15, -0.1) is 0 Å². The van der Waals surface area contributed by atoms with E-state index in [0.717, 1.165) is 24.8 Å². The van der Waals surface area contributed by atoms with Crippen LogP contribution in [0.25, 0.3) is 0 Å². The van der Waals surface area contributed by atoms with Crippen LogP contribution in [0.3, 0.4) is 0 Å². The smallest absolute Gasteiger partial charge is 0.0940 e. The molecule has 2 aromatic rings. The van der Waals surface area contributed by atoms with Gasteiger partial charge in [-0.05, 0) is 41.0 Å². The van der Waals surface area contributed by atoms with Crippen molar-refractivity contribution in [3.05, 3.63) is 70.8 Å². The van der Waals surface area contributed by atoms with Crippen LogP contribution < -0.4 is 0 Å². The third-order valence-electron chi connectivity index (χ3n) is 4.52. The van der Waals surface area contributed by atoms with E-state index in [-0.39, 0.29) is 0 Å². The summed E-state index contributed by atoms with van der Waals surface area (Å²) in [6.45, 7) is 4.39. The second-order valence-electron chi connectivity index (χ2n) is 6.25. The molecule has 0 spiro atoms. The molecule has 1 aliphatic rings. The summed E-state index contributed by atoms with van der Waals surface area (Å²) in [4.78, 5) is 0. The first-order chi connectivity index (χ1) is 9.58. The van der Waals surface area contributed by atoms with E-state index in [0.29, 0.717) is 5.92 Å². The minimum absolute atomic E-state index is 0.533. The summed E-state index contributed by atoms with van der Waals surface area (Å²) in [6.07, 6.45) is 2.49. The predicted molar refractivity (Wildman–Crippen MR) is 82.9 cm³/mol. The van der Waals surface area contributed by atoms with Gasteiger partial charge in [0.25, 0.3) is 0 Å². The highest BCUT2D eigenvalue weighted by Gasteiger charge is 2.33. The van der Waals surface area contributed by atoms with Crippen molar-refractivity contribution in [1.29, 1.82) is 0 Å². The number of rotatable bonds is 2. The first-order valence-corrected chi connectivity index (χ1v) is 7.48. The molecule has 0 aromatic heterocycles. The molecule has 0 aliphatic heterocycles. The Hall–Kier alpha value is -1.60. The molecular weight excluding hydrogens is 244 g/mol. The summed E-state index contributed by atoms with van der Waals surface area (Å²) in [5.74, 6) is 0.533. The molecular formula is C19H22O. The summed E-state index contributed by atoms with van der Waals surface area (Å²) in [5, 5.41) is 11.0. The van der Waals surface area contributed by atoms with E-state index in [9.17, 15) is 5.11 Å². The van der Waals surface area contributed by atoms with E-state index in [1.807, 2.05) is 0 Å². The quantitative estimate of drug-likeness (QED) is 0.864. The Kier molecular flexibility index (Phi) is 3.39. The van der Waals surface area contributed by atoms with E-state index in [1.54, 1.807) is 0 Å². The first-order valence-electron chi connectivity index (χ1n) is 7.48. The Labute approximate surface area is 121 Å². The molecule has 0 bridgehead atoms. The third kappa shape index (κ3) is 2.38. The van der Waals surface area contributed by atoms with E-state index in [4.69, 9.17) is 0 Å². The molecule has 0 saturated carbocycles. The highest BCUT2D eigenvalue weighted by molar-refractivity contribution is 5.36. The van der Waals surface area contributed by atoms with Crippen molar-refractivity contribution in [3.8, 4) is 0 Å². The van der Waals surface area contributed by atoms with Crippen LogP contribution >= 0.6 is 0 Å². The van der Waals surface area contributed by atoms with Gasteiger partial charge < -0.3 is 5.11 Å². The lowest BCUT2D eigenvalue weighted by Gasteiger charge is -2.34. The maximum Gasteiger partial charge on any atom is 0.0940 e. The van der Waals surface area contributed by atoms with Crippen LogP contribution in [0, 0.1) is 0 Å². The fourth-order valence-corrected chi connectivity index (χ4v) is 3.14. The van der Waals surface area contributed by atoms with E-state index in [1.165, 1.54) is 16.7 Å². The predicted octanol–water partition coefficient (Wildman–Crippen LogP) is 4.19. The number of benzene rings is 2. The fourth-order valence-electron chi connectivity index (χ4n) is 3.14. The Morgan fingerprint density at radius 1 is 0.950 bits per heavy atom. The highest BCUT2D eigenvalue weighted by Crippen LogP contribution is 2.36. The third-order valence-corrected chi connectivity index (χ3v) is 4.52. The Morgan fingerprint density at radius 3 is 2.25 bits per heavy atom. The van der Waals surface area contributed by atoms with Crippen LogP contribution in [0.1, 0.15) is 48.4 Å². The Morgan fingerprint density at radius 2 is 1.60 bits per heavy atom. The topological polar surface area (TPSA) is 20.2 Å². The van der Waals surface area contributed by atoms with E-state index in [2.05, 4.69) is 62.4 Å². The van der Waals surface area contributed by atoms with Gasteiger partial charge in [0, 0.05) is 6.42 Å². The zero-order valence-electron chi connectivity index (χ0n) is 12.3. The standard InChI is InChI=1S/C19H22O/c1-14(2)15-7-9-18(10-8-15)19(20)12-11-16-5-3-4-6-17(16)13-19/h3-10,14,20H,11-13H2,1-2H3. The Balaban J connectivity index is 1.90. The van der Waals surface area contributed by atoms with Crippen molar-refractivity contribution in [1.82, 2.24) is 0 Å². The normalized spacial score (nSPS) is 21.8. The molecule has 1 unspecified atom stereocenters. The Bertz CT molecular complexity index is 597. The van der Waals surface area contributed by atoms with Gasteiger partial charge in [-0.25, -0.2) is 0 Å². The average Bonchev–Trinajstić information content (AvgIpc) is 2.47. The van der Waals surface area contributed by atoms with Crippen LogP contribution in [0.5, 0.6) is 0 Å². The molecule has 20 heavy (non-hydrogen) atoms. The zero-order chi connectivity index (χ0) is 14.2. The van der Waals surface area contributed by atoms with Crippen molar-refractivity contribution < 1.29 is 5.11 Å². The van der Waals surface area contributed by atoms with Gasteiger partial charge >= 0.3 is 0 Å². The maximum absolute atomic E-state index is 11.0. The molecule has 0 saturated heterocycles. The monoisotopic (exact) mass is 266 g/mol. The molecule has 1 heteroatoms. The molecule has 104 valence electrons. The second kappa shape index (κ2) is 5.06. The average molecular weight is 266 g/mol. The SMILES string of the molecule is CC(C)c1ccc(C2(O)CCc3ccccc3C2)cc1. The van der Waals surface area contributed by atoms with E-state index < -0.39 is 5.60 Å². The van der Waals surface area contributed by atoms with Crippen molar-refractivity contribution >= 4 is 0 Å². The molecule has 2 aromatic carbocycles. The van der Waals surface area contributed by atoms with Crippen molar-refractivity contribution in [3.63, 3.8) is 0 Å². The molecule has 1 nitrogen and oxygen atoms in total. The molecule has 3 rings (SSSR count). The molecule has 1 atom stereocenters. The van der Waals surface area contributed by atoms with Crippen LogP contribution in [0.2, 0.25) is 0 Å². The summed E-state index contributed by atoms with van der Waals surface area (Å²) in [5.41, 5.74) is 4.35. The van der Waals surface area contributed by atoms with Gasteiger partial charge in [0.2, 0.25) is 0 Å². The van der Waals surface area contributed by atoms with Crippen molar-refractivity contribution in [2.24, 2.45) is 0 Å². The van der Waals surface area contributed by atoms with Crippen molar-refractivity contribution in [2.75, 3.05) is 0 Å². The number of hydrogen-bond donors (Lipinski definition) is 1. The van der Waals surface area contributed by atoms with Crippen LogP contribution in [0.4, 0.5) is 0 Å². The molecule has 0 radical (unpaired) electrons. The number of aryl methyl sites for hydroxylation is 1. The molecule has 0 heterocycles. The van der Waals surface area contributed by atoms with Gasteiger partial charge in [0.05, 0.1) is 5.60 Å². The summed E-state index contributed by atoms with van der Waals surface area (Å²) < 4.78 is 0. The molecule has 1 N–H and O–H groups in total. The van der Waals surface area contributed by atoms with Gasteiger partial charge in [-0.3, -0.25) is 0 Å². The van der Waals surface area contributed by atoms with Gasteiger partial charge in [0.15, 0.2) is 0 Å². The van der Waals surface area contributed by atoms with Crippen molar-refractivity contribution in [2.45, 2.75) is 44.6 Å². The van der Waals surface area contributed by atoms with Crippen LogP contribution in [0.15, 0.2) is 48.5 Å². The largest absolute Gasteiger partial charge is 0.385 e.